The summed E-state index contributed by atoms with van der Waals surface area (Å²) in [5.74, 6) is -3.92. The molecule has 0 saturated carbocycles. The third-order valence-corrected chi connectivity index (χ3v) is 4.75. The van der Waals surface area contributed by atoms with Crippen LogP contribution < -0.4 is 5.56 Å². The van der Waals surface area contributed by atoms with Crippen LogP contribution in [0.5, 0.6) is 0 Å². The van der Waals surface area contributed by atoms with Crippen LogP contribution in [0.15, 0.2) is 41.6 Å². The Morgan fingerprint density at radius 3 is 2.48 bits per heavy atom. The predicted molar refractivity (Wildman–Crippen MR) is 105 cm³/mol. The van der Waals surface area contributed by atoms with Crippen molar-refractivity contribution in [2.24, 2.45) is 0 Å². The number of aryl methyl sites for hydroxylation is 1. The Bertz CT molecular complexity index is 1100. The Balaban J connectivity index is 1.77. The van der Waals surface area contributed by atoms with Gasteiger partial charge in [0, 0.05) is 32.1 Å². The topological polar surface area (TPSA) is 57.0 Å². The number of alkyl halides is 4. The van der Waals surface area contributed by atoms with Gasteiger partial charge in [0.15, 0.2) is 5.82 Å². The number of hydrogen-bond donors (Lipinski definition) is 0. The van der Waals surface area contributed by atoms with Crippen LogP contribution in [0.2, 0.25) is 0 Å². The quantitative estimate of drug-likeness (QED) is 0.342. The van der Waals surface area contributed by atoms with E-state index in [1.807, 2.05) is 0 Å². The van der Waals surface area contributed by atoms with Crippen molar-refractivity contribution in [2.45, 2.75) is 45.3 Å². The van der Waals surface area contributed by atoms with E-state index in [-0.39, 0.29) is 28.9 Å². The molecule has 3 rings (SSSR count). The normalized spacial score (nSPS) is 12.1. The van der Waals surface area contributed by atoms with Gasteiger partial charge in [0.1, 0.15) is 5.82 Å². The van der Waals surface area contributed by atoms with Crippen LogP contribution in [0.3, 0.4) is 0 Å². The second-order valence-electron chi connectivity index (χ2n) is 7.11. The number of halogens is 5. The molecule has 2 heterocycles. The van der Waals surface area contributed by atoms with Gasteiger partial charge in [0.05, 0.1) is 23.1 Å². The summed E-state index contributed by atoms with van der Waals surface area (Å²) in [5.41, 5.74) is -0.788. The molecule has 0 unspecified atom stereocenters. The number of aromatic nitrogens is 3. The van der Waals surface area contributed by atoms with Gasteiger partial charge >= 0.3 is 6.61 Å². The minimum atomic E-state index is -3.11. The number of pyridine rings is 1. The number of fused-ring (bicyclic) bond motifs is 1. The Morgan fingerprint density at radius 1 is 1.13 bits per heavy atom. The van der Waals surface area contributed by atoms with Crippen LogP contribution in [0.4, 0.5) is 22.0 Å². The molecule has 31 heavy (non-hydrogen) atoms. The first-order valence-corrected chi connectivity index (χ1v) is 9.60. The molecule has 166 valence electrons. The molecular weight excluding hydrogens is 421 g/mol. The summed E-state index contributed by atoms with van der Waals surface area (Å²) in [4.78, 5) is 20.3. The van der Waals surface area contributed by atoms with Crippen molar-refractivity contribution in [3.8, 4) is 11.4 Å². The van der Waals surface area contributed by atoms with Gasteiger partial charge in [-0.05, 0) is 42.8 Å². The van der Waals surface area contributed by atoms with E-state index in [1.165, 1.54) is 10.6 Å². The molecule has 0 amide bonds. The highest BCUT2D eigenvalue weighted by molar-refractivity contribution is 5.85. The minimum Gasteiger partial charge on any atom is -0.323 e. The maximum atomic E-state index is 14.7. The third-order valence-electron chi connectivity index (χ3n) is 4.75. The van der Waals surface area contributed by atoms with Crippen LogP contribution in [0.25, 0.3) is 22.2 Å². The van der Waals surface area contributed by atoms with Gasteiger partial charge in [-0.2, -0.15) is 8.78 Å². The molecule has 10 heteroatoms. The lowest BCUT2D eigenvalue weighted by atomic mass is 10.1. The van der Waals surface area contributed by atoms with Crippen LogP contribution in [-0.2, 0) is 17.2 Å². The van der Waals surface area contributed by atoms with Crippen LogP contribution >= 0.6 is 0 Å². The molecule has 0 saturated heterocycles. The first-order chi connectivity index (χ1) is 14.7. The zero-order valence-corrected chi connectivity index (χ0v) is 16.6. The van der Waals surface area contributed by atoms with E-state index in [0.29, 0.717) is 38.1 Å². The van der Waals surface area contributed by atoms with Crippen LogP contribution in [-0.4, -0.2) is 27.8 Å². The van der Waals surface area contributed by atoms with Crippen molar-refractivity contribution in [1.29, 1.82) is 0 Å². The molecule has 5 nitrogen and oxygen atoms in total. The van der Waals surface area contributed by atoms with Gasteiger partial charge in [-0.3, -0.25) is 4.79 Å². The zero-order valence-electron chi connectivity index (χ0n) is 16.6. The SMILES string of the molecule is CC(F)(F)c1cnc(-c2cc3ccn(CCCCCOC(F)F)c(=O)c3cc2F)nc1. The number of unbranched alkanes of at least 4 members (excludes halogenated alkanes) is 2. The zero-order chi connectivity index (χ0) is 22.6. The monoisotopic (exact) mass is 441 g/mol. The maximum absolute atomic E-state index is 14.7. The molecule has 0 atom stereocenters. The lowest BCUT2D eigenvalue weighted by Gasteiger charge is -2.11. The Labute approximate surface area is 174 Å². The van der Waals surface area contributed by atoms with Crippen LogP contribution in [0.1, 0.15) is 31.7 Å². The highest BCUT2D eigenvalue weighted by Crippen LogP contribution is 2.28. The molecule has 0 aliphatic carbocycles. The molecule has 0 fully saturated rings. The predicted octanol–water partition coefficient (Wildman–Crippen LogP) is 5.12. The average molecular weight is 441 g/mol. The van der Waals surface area contributed by atoms with Crippen molar-refractivity contribution in [2.75, 3.05) is 6.61 Å². The molecule has 0 aliphatic heterocycles. The fraction of sp³-hybridized carbons (Fsp3) is 0.381. The van der Waals surface area contributed by atoms with Gasteiger partial charge in [-0.15, -0.1) is 0 Å². The van der Waals surface area contributed by atoms with E-state index in [1.54, 1.807) is 12.3 Å². The lowest BCUT2D eigenvalue weighted by Crippen LogP contribution is -2.19. The number of rotatable bonds is 9. The second-order valence-corrected chi connectivity index (χ2v) is 7.11. The average Bonchev–Trinajstić information content (AvgIpc) is 2.71. The van der Waals surface area contributed by atoms with Gasteiger partial charge in [0.25, 0.3) is 11.5 Å². The van der Waals surface area contributed by atoms with E-state index in [0.717, 1.165) is 18.5 Å². The first kappa shape index (κ1) is 22.8. The van der Waals surface area contributed by atoms with E-state index in [4.69, 9.17) is 0 Å². The fourth-order valence-corrected chi connectivity index (χ4v) is 3.08. The Hall–Kier alpha value is -2.88. The summed E-state index contributed by atoms with van der Waals surface area (Å²) < 4.78 is 70.7. The Morgan fingerprint density at radius 2 is 1.84 bits per heavy atom. The number of hydrogen-bond acceptors (Lipinski definition) is 4. The number of benzene rings is 1. The first-order valence-electron chi connectivity index (χ1n) is 9.60. The second kappa shape index (κ2) is 9.51. The summed E-state index contributed by atoms with van der Waals surface area (Å²) in [5, 5.41) is 0.609. The van der Waals surface area contributed by atoms with E-state index in [2.05, 4.69) is 14.7 Å². The molecule has 0 aliphatic rings. The van der Waals surface area contributed by atoms with Crippen LogP contribution in [0, 0.1) is 5.82 Å². The summed E-state index contributed by atoms with van der Waals surface area (Å²) in [6, 6.07) is 4.11. The molecule has 3 aromatic rings. The standard InChI is InChI=1S/C21H20F5N3O2/c1-21(25,26)14-11-27-18(28-12-14)16-9-13-5-7-29(19(30)15(13)10-17(16)22)6-3-2-4-8-31-20(23)24/h5,7,9-12,20H,2-4,6,8H2,1H3. The Kier molecular flexibility index (Phi) is 6.99. The van der Waals surface area contributed by atoms with Crippen molar-refractivity contribution in [3.63, 3.8) is 0 Å². The molecule has 2 aromatic heterocycles. The van der Waals surface area contributed by atoms with E-state index < -0.39 is 23.9 Å². The molecule has 0 bridgehead atoms. The third kappa shape index (κ3) is 5.63. The molecular formula is C21H20F5N3O2. The van der Waals surface area contributed by atoms with Crippen molar-refractivity contribution in [1.82, 2.24) is 14.5 Å². The number of ether oxygens (including phenoxy) is 1. The van der Waals surface area contributed by atoms with Crippen molar-refractivity contribution >= 4 is 10.8 Å². The fourth-order valence-electron chi connectivity index (χ4n) is 3.08. The summed E-state index contributed by atoms with van der Waals surface area (Å²) in [7, 11) is 0. The molecule has 0 N–H and O–H groups in total. The lowest BCUT2D eigenvalue weighted by molar-refractivity contribution is -0.129. The van der Waals surface area contributed by atoms with E-state index >= 15 is 0 Å². The molecule has 0 spiro atoms. The van der Waals surface area contributed by atoms with E-state index in [9.17, 15) is 26.7 Å². The van der Waals surface area contributed by atoms with Crippen molar-refractivity contribution in [3.05, 3.63) is 58.5 Å². The molecule has 1 aromatic carbocycles. The molecule has 0 radical (unpaired) electrons. The maximum Gasteiger partial charge on any atom is 0.345 e. The van der Waals surface area contributed by atoms with Gasteiger partial charge in [0.2, 0.25) is 0 Å². The largest absolute Gasteiger partial charge is 0.345 e. The highest BCUT2D eigenvalue weighted by Gasteiger charge is 2.25. The highest BCUT2D eigenvalue weighted by atomic mass is 19.3. The minimum absolute atomic E-state index is 0.00495. The summed E-state index contributed by atoms with van der Waals surface area (Å²) in [6.45, 7) is -1.79. The summed E-state index contributed by atoms with van der Waals surface area (Å²) in [6.07, 6.45) is 5.04. The van der Waals surface area contributed by atoms with Crippen molar-refractivity contribution < 1.29 is 26.7 Å². The van der Waals surface area contributed by atoms with Gasteiger partial charge in [-0.1, -0.05) is 0 Å². The van der Waals surface area contributed by atoms with Gasteiger partial charge < -0.3 is 9.30 Å². The van der Waals surface area contributed by atoms with Gasteiger partial charge in [-0.25, -0.2) is 23.1 Å². The smallest absolute Gasteiger partial charge is 0.323 e. The number of nitrogens with zero attached hydrogens (tertiary/aromatic N) is 3. The summed E-state index contributed by atoms with van der Waals surface area (Å²) >= 11 is 0.